The Morgan fingerprint density at radius 1 is 1.31 bits per heavy atom. The Morgan fingerprint density at radius 2 is 1.97 bits per heavy atom. The van der Waals surface area contributed by atoms with Gasteiger partial charge in [0.05, 0.1) is 18.6 Å². The molecule has 1 unspecified atom stereocenters. The van der Waals surface area contributed by atoms with Crippen molar-refractivity contribution in [2.24, 2.45) is 5.41 Å². The smallest absolute Gasteiger partial charge is 0.312 e. The van der Waals surface area contributed by atoms with E-state index in [4.69, 9.17) is 19.4 Å². The highest BCUT2D eigenvalue weighted by Crippen LogP contribution is 2.43. The molecule has 176 valence electrons. The van der Waals surface area contributed by atoms with Gasteiger partial charge >= 0.3 is 5.97 Å². The predicted molar refractivity (Wildman–Crippen MR) is 113 cm³/mol. The molecule has 3 aliphatic heterocycles. The molecular weight excluding hydrogens is 418 g/mol. The molecule has 0 aliphatic carbocycles. The van der Waals surface area contributed by atoms with Gasteiger partial charge in [0.2, 0.25) is 5.88 Å². The lowest BCUT2D eigenvalue weighted by atomic mass is 9.76. The maximum Gasteiger partial charge on any atom is 0.312 e. The van der Waals surface area contributed by atoms with Gasteiger partial charge in [-0.2, -0.15) is 0 Å². The summed E-state index contributed by atoms with van der Waals surface area (Å²) in [7, 11) is 1.52. The van der Waals surface area contributed by atoms with E-state index in [0.717, 1.165) is 38.9 Å². The number of amides is 1. The maximum absolute atomic E-state index is 12.8. The van der Waals surface area contributed by atoms with Gasteiger partial charge in [-0.05, 0) is 31.7 Å². The molecule has 0 aromatic carbocycles. The molecule has 3 aliphatic rings. The van der Waals surface area contributed by atoms with Gasteiger partial charge in [-0.25, -0.2) is 4.98 Å². The third-order valence-corrected chi connectivity index (χ3v) is 6.54. The summed E-state index contributed by atoms with van der Waals surface area (Å²) in [6.07, 6.45) is 4.82. The normalized spacial score (nSPS) is 23.2. The first-order valence-electron chi connectivity index (χ1n) is 10.9. The van der Waals surface area contributed by atoms with Crippen molar-refractivity contribution in [3.63, 3.8) is 0 Å². The molecule has 1 amide bonds. The van der Waals surface area contributed by atoms with Crippen LogP contribution in [0.2, 0.25) is 0 Å². The van der Waals surface area contributed by atoms with Crippen molar-refractivity contribution in [3.8, 4) is 5.88 Å². The fourth-order valence-electron chi connectivity index (χ4n) is 4.71. The molecule has 1 aromatic heterocycles. The molecule has 1 atom stereocenters. The molecule has 10 heteroatoms. The number of pyridine rings is 1. The van der Waals surface area contributed by atoms with Crippen LogP contribution in [-0.2, 0) is 14.3 Å². The molecule has 0 radical (unpaired) electrons. The van der Waals surface area contributed by atoms with E-state index in [1.165, 1.54) is 7.11 Å². The van der Waals surface area contributed by atoms with Crippen molar-refractivity contribution in [1.29, 1.82) is 0 Å². The molecular formula is C22H31N3O7. The van der Waals surface area contributed by atoms with Crippen molar-refractivity contribution < 1.29 is 34.1 Å². The fourth-order valence-corrected chi connectivity index (χ4v) is 4.71. The Morgan fingerprint density at radius 3 is 2.59 bits per heavy atom. The van der Waals surface area contributed by atoms with Crippen molar-refractivity contribution in [2.45, 2.75) is 44.3 Å². The number of rotatable bonds is 4. The van der Waals surface area contributed by atoms with Gasteiger partial charge in [0.1, 0.15) is 6.10 Å². The van der Waals surface area contributed by atoms with Gasteiger partial charge in [-0.15, -0.1) is 0 Å². The highest BCUT2D eigenvalue weighted by molar-refractivity contribution is 5.94. The van der Waals surface area contributed by atoms with Crippen LogP contribution in [0.3, 0.4) is 0 Å². The zero-order chi connectivity index (χ0) is 23.1. The third-order valence-electron chi connectivity index (χ3n) is 6.54. The van der Waals surface area contributed by atoms with Crippen LogP contribution in [0.5, 0.6) is 5.88 Å². The van der Waals surface area contributed by atoms with Gasteiger partial charge in [0, 0.05) is 57.0 Å². The number of hydrogen-bond acceptors (Lipinski definition) is 8. The average molecular weight is 450 g/mol. The second-order valence-corrected chi connectivity index (χ2v) is 8.53. The standard InChI is InChI=1S/C21H29N3O5.CH2O2/c1-28-18-12-15(2-7-22-18)19(26)24-10-5-21(6-11-24)13-17(29-20(21)27)14-23-8-3-16(25)4-9-23;2-1-3/h2,7,12,16-17,25H,3-6,8-11,13-14H2,1H3;1H,(H,2,3). The van der Waals surface area contributed by atoms with Gasteiger partial charge < -0.3 is 24.6 Å². The zero-order valence-electron chi connectivity index (χ0n) is 18.3. The number of aromatic nitrogens is 1. The summed E-state index contributed by atoms with van der Waals surface area (Å²) in [5.74, 6) is 0.240. The lowest BCUT2D eigenvalue weighted by Crippen LogP contribution is -2.45. The van der Waals surface area contributed by atoms with E-state index in [1.807, 2.05) is 0 Å². The number of nitrogens with zero attached hydrogens (tertiary/aromatic N) is 3. The second-order valence-electron chi connectivity index (χ2n) is 8.53. The highest BCUT2D eigenvalue weighted by atomic mass is 16.6. The summed E-state index contributed by atoms with van der Waals surface area (Å²) in [6, 6.07) is 3.33. The SMILES string of the molecule is COc1cc(C(=O)N2CCC3(CC2)CC(CN2CCC(O)CC2)OC3=O)ccn1.O=CO. The summed E-state index contributed by atoms with van der Waals surface area (Å²) < 4.78 is 10.8. The summed E-state index contributed by atoms with van der Waals surface area (Å²) >= 11 is 0. The predicted octanol–water partition coefficient (Wildman–Crippen LogP) is 0.786. The van der Waals surface area contributed by atoms with Crippen molar-refractivity contribution >= 4 is 18.3 Å². The van der Waals surface area contributed by atoms with Crippen LogP contribution >= 0.6 is 0 Å². The summed E-state index contributed by atoms with van der Waals surface area (Å²) in [6.45, 7) is 3.27. The number of likely N-dealkylation sites (tertiary alicyclic amines) is 2. The number of methoxy groups -OCH3 is 1. The van der Waals surface area contributed by atoms with Gasteiger partial charge in [-0.1, -0.05) is 0 Å². The number of cyclic esters (lactones) is 1. The largest absolute Gasteiger partial charge is 0.483 e. The first-order valence-corrected chi connectivity index (χ1v) is 10.9. The quantitative estimate of drug-likeness (QED) is 0.506. The summed E-state index contributed by atoms with van der Waals surface area (Å²) in [4.78, 5) is 42.0. The van der Waals surface area contributed by atoms with E-state index >= 15 is 0 Å². The minimum absolute atomic E-state index is 0.0599. The summed E-state index contributed by atoms with van der Waals surface area (Å²) in [5, 5.41) is 16.5. The molecule has 3 saturated heterocycles. The van der Waals surface area contributed by atoms with Crippen LogP contribution in [0.15, 0.2) is 18.3 Å². The lowest BCUT2D eigenvalue weighted by Gasteiger charge is -2.36. The molecule has 2 N–H and O–H groups in total. The van der Waals surface area contributed by atoms with E-state index < -0.39 is 5.41 Å². The maximum atomic E-state index is 12.8. The lowest BCUT2D eigenvalue weighted by molar-refractivity contribution is -0.151. The van der Waals surface area contributed by atoms with Crippen molar-refractivity contribution in [2.75, 3.05) is 39.8 Å². The second kappa shape index (κ2) is 10.7. The van der Waals surface area contributed by atoms with E-state index in [0.29, 0.717) is 37.4 Å². The average Bonchev–Trinajstić information content (AvgIpc) is 3.10. The van der Waals surface area contributed by atoms with Crippen LogP contribution in [0.1, 0.15) is 42.5 Å². The van der Waals surface area contributed by atoms with Crippen molar-refractivity contribution in [3.05, 3.63) is 23.9 Å². The number of piperidine rings is 2. The molecule has 10 nitrogen and oxygen atoms in total. The molecule has 32 heavy (non-hydrogen) atoms. The number of ether oxygens (including phenoxy) is 2. The monoisotopic (exact) mass is 449 g/mol. The van der Waals surface area contributed by atoms with Gasteiger partial charge in [-0.3, -0.25) is 19.3 Å². The molecule has 3 fully saturated rings. The first-order chi connectivity index (χ1) is 15.4. The van der Waals surface area contributed by atoms with E-state index in [1.54, 1.807) is 23.2 Å². The van der Waals surface area contributed by atoms with Crippen LogP contribution in [0, 0.1) is 5.41 Å². The van der Waals surface area contributed by atoms with Crippen LogP contribution < -0.4 is 4.74 Å². The molecule has 0 saturated carbocycles. The minimum Gasteiger partial charge on any atom is -0.483 e. The summed E-state index contributed by atoms with van der Waals surface area (Å²) in [5.41, 5.74) is 0.0825. The Kier molecular flexibility index (Phi) is 8.03. The number of carbonyl (C=O) groups excluding carboxylic acids is 2. The Hall–Kier alpha value is -2.72. The first kappa shape index (κ1) is 23.9. The Labute approximate surface area is 187 Å². The molecule has 4 rings (SSSR count). The number of hydrogen-bond donors (Lipinski definition) is 2. The fraction of sp³-hybridized carbons (Fsp3) is 0.636. The van der Waals surface area contributed by atoms with Crippen molar-refractivity contribution in [1.82, 2.24) is 14.8 Å². The highest BCUT2D eigenvalue weighted by Gasteiger charge is 2.51. The number of aliphatic hydroxyl groups is 1. The number of carboxylic acid groups (broad SMARTS) is 1. The van der Waals surface area contributed by atoms with Gasteiger partial charge in [0.25, 0.3) is 12.4 Å². The van der Waals surface area contributed by atoms with Gasteiger partial charge in [0.15, 0.2) is 0 Å². The zero-order valence-corrected chi connectivity index (χ0v) is 18.3. The van der Waals surface area contributed by atoms with Crippen LogP contribution in [-0.4, -0.2) is 95.4 Å². The number of aliphatic hydroxyl groups excluding tert-OH is 1. The number of esters is 1. The van der Waals surface area contributed by atoms with Crippen LogP contribution in [0.4, 0.5) is 0 Å². The third kappa shape index (κ3) is 5.55. The van der Waals surface area contributed by atoms with E-state index in [-0.39, 0.29) is 30.6 Å². The van der Waals surface area contributed by atoms with E-state index in [9.17, 15) is 14.7 Å². The molecule has 4 heterocycles. The molecule has 1 aromatic rings. The Balaban J connectivity index is 0.000000913. The molecule has 1 spiro atoms. The van der Waals surface area contributed by atoms with E-state index in [2.05, 4.69) is 9.88 Å². The Bertz CT molecular complexity index is 802. The molecule has 0 bridgehead atoms. The topological polar surface area (TPSA) is 130 Å². The van der Waals surface area contributed by atoms with Crippen LogP contribution in [0.25, 0.3) is 0 Å². The number of carbonyl (C=O) groups is 3. The minimum atomic E-state index is -0.466.